The van der Waals surface area contributed by atoms with Crippen LogP contribution < -0.4 is 5.32 Å². The summed E-state index contributed by atoms with van der Waals surface area (Å²) in [5.41, 5.74) is 0. The van der Waals surface area contributed by atoms with E-state index in [0.29, 0.717) is 0 Å². The Labute approximate surface area is 91.0 Å². The molecule has 1 atom stereocenters. The van der Waals surface area contributed by atoms with E-state index in [1.54, 1.807) is 6.08 Å². The van der Waals surface area contributed by atoms with E-state index in [0.717, 1.165) is 39.0 Å². The number of rotatable bonds is 5. The zero-order valence-electron chi connectivity index (χ0n) is 9.28. The number of amides is 1. The van der Waals surface area contributed by atoms with Crippen LogP contribution in [0.3, 0.4) is 0 Å². The number of aliphatic hydroxyl groups is 1. The van der Waals surface area contributed by atoms with Gasteiger partial charge in [0, 0.05) is 32.3 Å². The third kappa shape index (κ3) is 4.95. The molecular formula is C11H20N2O2. The van der Waals surface area contributed by atoms with Crippen LogP contribution in [0.15, 0.2) is 12.2 Å². The van der Waals surface area contributed by atoms with E-state index in [-0.39, 0.29) is 12.0 Å². The van der Waals surface area contributed by atoms with Crippen molar-refractivity contribution in [3.63, 3.8) is 0 Å². The third-order valence-electron chi connectivity index (χ3n) is 2.43. The first-order valence-electron chi connectivity index (χ1n) is 5.57. The average molecular weight is 212 g/mol. The lowest BCUT2D eigenvalue weighted by Gasteiger charge is -2.10. The van der Waals surface area contributed by atoms with Gasteiger partial charge < -0.3 is 10.4 Å². The van der Waals surface area contributed by atoms with Crippen molar-refractivity contribution in [1.29, 1.82) is 0 Å². The standard InChI is InChI=1S/C11H20N2O2/c1-2-6-12-11(15)4-3-7-13-8-5-10(14)9-13/h3-4,10,14H,2,5-9H2,1H3,(H,12,15)/b4-3+/t10-/m0/s1. The second kappa shape index (κ2) is 6.58. The maximum Gasteiger partial charge on any atom is 0.243 e. The summed E-state index contributed by atoms with van der Waals surface area (Å²) in [7, 11) is 0. The molecule has 1 aliphatic heterocycles. The maximum atomic E-state index is 11.2. The monoisotopic (exact) mass is 212 g/mol. The third-order valence-corrected chi connectivity index (χ3v) is 2.43. The van der Waals surface area contributed by atoms with Gasteiger partial charge in [0.25, 0.3) is 0 Å². The highest BCUT2D eigenvalue weighted by molar-refractivity contribution is 5.87. The molecule has 0 aromatic carbocycles. The SMILES string of the molecule is CCCNC(=O)/C=C/CN1CC[C@H](O)C1. The summed E-state index contributed by atoms with van der Waals surface area (Å²) < 4.78 is 0. The van der Waals surface area contributed by atoms with Crippen molar-refractivity contribution in [2.45, 2.75) is 25.9 Å². The van der Waals surface area contributed by atoms with Gasteiger partial charge in [-0.15, -0.1) is 0 Å². The summed E-state index contributed by atoms with van der Waals surface area (Å²) in [6.45, 7) is 5.14. The molecule has 1 heterocycles. The summed E-state index contributed by atoms with van der Waals surface area (Å²) in [5, 5.41) is 12.1. The minimum atomic E-state index is -0.188. The van der Waals surface area contributed by atoms with Crippen LogP contribution in [0.4, 0.5) is 0 Å². The molecule has 1 aliphatic rings. The number of likely N-dealkylation sites (tertiary alicyclic amines) is 1. The first kappa shape index (κ1) is 12.2. The fourth-order valence-electron chi connectivity index (χ4n) is 1.59. The smallest absolute Gasteiger partial charge is 0.243 e. The lowest BCUT2D eigenvalue weighted by Crippen LogP contribution is -2.24. The van der Waals surface area contributed by atoms with Crippen molar-refractivity contribution in [3.8, 4) is 0 Å². The van der Waals surface area contributed by atoms with Crippen LogP contribution in [-0.4, -0.2) is 48.2 Å². The lowest BCUT2D eigenvalue weighted by molar-refractivity contribution is -0.116. The summed E-state index contributed by atoms with van der Waals surface area (Å²) in [4.78, 5) is 13.3. The largest absolute Gasteiger partial charge is 0.392 e. The summed E-state index contributed by atoms with van der Waals surface area (Å²) in [6, 6.07) is 0. The maximum absolute atomic E-state index is 11.2. The highest BCUT2D eigenvalue weighted by Crippen LogP contribution is 2.07. The van der Waals surface area contributed by atoms with Crippen LogP contribution in [0.1, 0.15) is 19.8 Å². The fraction of sp³-hybridized carbons (Fsp3) is 0.727. The van der Waals surface area contributed by atoms with Gasteiger partial charge in [-0.25, -0.2) is 0 Å². The number of nitrogens with one attached hydrogen (secondary N) is 1. The minimum Gasteiger partial charge on any atom is -0.392 e. The Bertz CT molecular complexity index is 229. The van der Waals surface area contributed by atoms with Gasteiger partial charge in [-0.1, -0.05) is 13.0 Å². The molecule has 0 aromatic heterocycles. The molecule has 86 valence electrons. The Hall–Kier alpha value is -0.870. The molecule has 0 bridgehead atoms. The first-order chi connectivity index (χ1) is 7.22. The Morgan fingerprint density at radius 3 is 3.07 bits per heavy atom. The van der Waals surface area contributed by atoms with Gasteiger partial charge in [-0.05, 0) is 12.8 Å². The summed E-state index contributed by atoms with van der Waals surface area (Å²) in [5.74, 6) is -0.0309. The first-order valence-corrected chi connectivity index (χ1v) is 5.57. The normalized spacial score (nSPS) is 22.4. The number of nitrogens with zero attached hydrogens (tertiary/aromatic N) is 1. The van der Waals surface area contributed by atoms with Crippen LogP contribution in [0.2, 0.25) is 0 Å². The van der Waals surface area contributed by atoms with E-state index in [1.165, 1.54) is 0 Å². The van der Waals surface area contributed by atoms with Crippen molar-refractivity contribution in [2.75, 3.05) is 26.2 Å². The fourth-order valence-corrected chi connectivity index (χ4v) is 1.59. The van der Waals surface area contributed by atoms with Crippen LogP contribution in [0.5, 0.6) is 0 Å². The number of carbonyl (C=O) groups excluding carboxylic acids is 1. The molecule has 15 heavy (non-hydrogen) atoms. The predicted molar refractivity (Wildman–Crippen MR) is 59.5 cm³/mol. The van der Waals surface area contributed by atoms with Crippen LogP contribution in [-0.2, 0) is 4.79 Å². The van der Waals surface area contributed by atoms with Crippen molar-refractivity contribution in [1.82, 2.24) is 10.2 Å². The minimum absolute atomic E-state index is 0.0309. The van der Waals surface area contributed by atoms with Crippen molar-refractivity contribution in [2.24, 2.45) is 0 Å². The molecule has 0 saturated carbocycles. The summed E-state index contributed by atoms with van der Waals surface area (Å²) in [6.07, 6.45) is 5.03. The molecule has 0 aliphatic carbocycles. The van der Waals surface area contributed by atoms with E-state index in [9.17, 15) is 9.90 Å². The Morgan fingerprint density at radius 2 is 2.47 bits per heavy atom. The molecule has 0 unspecified atom stereocenters. The average Bonchev–Trinajstić information content (AvgIpc) is 2.61. The van der Waals surface area contributed by atoms with Gasteiger partial charge in [-0.3, -0.25) is 9.69 Å². The molecule has 4 nitrogen and oxygen atoms in total. The van der Waals surface area contributed by atoms with Gasteiger partial charge in [0.05, 0.1) is 6.10 Å². The molecule has 1 saturated heterocycles. The molecule has 0 spiro atoms. The molecule has 0 aromatic rings. The van der Waals surface area contributed by atoms with E-state index in [2.05, 4.69) is 10.2 Å². The highest BCUT2D eigenvalue weighted by Gasteiger charge is 2.18. The zero-order chi connectivity index (χ0) is 11.1. The molecule has 4 heteroatoms. The second-order valence-electron chi connectivity index (χ2n) is 3.90. The molecule has 0 radical (unpaired) electrons. The molecule has 1 fully saturated rings. The van der Waals surface area contributed by atoms with Gasteiger partial charge in [0.2, 0.25) is 5.91 Å². The highest BCUT2D eigenvalue weighted by atomic mass is 16.3. The molecule has 2 N–H and O–H groups in total. The summed E-state index contributed by atoms with van der Waals surface area (Å²) >= 11 is 0. The van der Waals surface area contributed by atoms with Gasteiger partial charge in [-0.2, -0.15) is 0 Å². The Balaban J connectivity index is 2.13. The van der Waals surface area contributed by atoms with Crippen LogP contribution in [0, 0.1) is 0 Å². The Kier molecular flexibility index (Phi) is 5.36. The predicted octanol–water partition coefficient (Wildman–Crippen LogP) is 0.135. The molecule has 1 amide bonds. The number of carbonyl (C=O) groups is 1. The molecule has 1 rings (SSSR count). The quantitative estimate of drug-likeness (QED) is 0.637. The van der Waals surface area contributed by atoms with Crippen molar-refractivity contribution >= 4 is 5.91 Å². The number of aliphatic hydroxyl groups excluding tert-OH is 1. The van der Waals surface area contributed by atoms with Gasteiger partial charge >= 0.3 is 0 Å². The second-order valence-corrected chi connectivity index (χ2v) is 3.90. The van der Waals surface area contributed by atoms with E-state index in [1.807, 2.05) is 13.0 Å². The van der Waals surface area contributed by atoms with Crippen molar-refractivity contribution < 1.29 is 9.90 Å². The number of β-amino-alcohol motifs (C(OH)–C–C–N with tert-alkyl or cyclic N) is 1. The van der Waals surface area contributed by atoms with E-state index < -0.39 is 0 Å². The number of hydrogen-bond acceptors (Lipinski definition) is 3. The van der Waals surface area contributed by atoms with Crippen LogP contribution in [0.25, 0.3) is 0 Å². The van der Waals surface area contributed by atoms with E-state index in [4.69, 9.17) is 0 Å². The van der Waals surface area contributed by atoms with Gasteiger partial charge in [0.15, 0.2) is 0 Å². The topological polar surface area (TPSA) is 52.6 Å². The number of hydrogen-bond donors (Lipinski definition) is 2. The molecular weight excluding hydrogens is 192 g/mol. The van der Waals surface area contributed by atoms with Gasteiger partial charge in [0.1, 0.15) is 0 Å². The Morgan fingerprint density at radius 1 is 1.67 bits per heavy atom. The van der Waals surface area contributed by atoms with Crippen molar-refractivity contribution in [3.05, 3.63) is 12.2 Å². The zero-order valence-corrected chi connectivity index (χ0v) is 9.28. The van der Waals surface area contributed by atoms with E-state index >= 15 is 0 Å². The van der Waals surface area contributed by atoms with Crippen LogP contribution >= 0.6 is 0 Å². The lowest BCUT2D eigenvalue weighted by atomic mass is 10.3.